The Kier molecular flexibility index (Phi) is 3.32. The molecule has 0 unspecified atom stereocenters. The average Bonchev–Trinajstić information content (AvgIpc) is 3.18. The Labute approximate surface area is 104 Å². The van der Waals surface area contributed by atoms with Gasteiger partial charge in [-0.15, -0.1) is 0 Å². The van der Waals surface area contributed by atoms with Gasteiger partial charge in [0.2, 0.25) is 0 Å². The van der Waals surface area contributed by atoms with E-state index in [0.29, 0.717) is 0 Å². The molecule has 0 aromatic heterocycles. The largest absolute Gasteiger partial charge is 0.384 e. The summed E-state index contributed by atoms with van der Waals surface area (Å²) in [5.41, 5.74) is 4.43. The van der Waals surface area contributed by atoms with Crippen LogP contribution in [0.25, 0.3) is 0 Å². The first-order valence-corrected chi connectivity index (χ1v) is 7.01. The zero-order valence-corrected chi connectivity index (χ0v) is 10.5. The minimum atomic E-state index is 0.820. The van der Waals surface area contributed by atoms with Crippen LogP contribution in [-0.4, -0.2) is 19.1 Å². The van der Waals surface area contributed by atoms with Crippen LogP contribution in [0, 0.1) is 0 Å². The van der Waals surface area contributed by atoms with E-state index in [-0.39, 0.29) is 0 Å². The number of rotatable bonds is 5. The predicted molar refractivity (Wildman–Crippen MR) is 72.6 cm³/mol. The molecule has 17 heavy (non-hydrogen) atoms. The molecule has 0 aliphatic heterocycles. The number of anilines is 1. The Balaban J connectivity index is 1.51. The minimum absolute atomic E-state index is 0.820. The van der Waals surface area contributed by atoms with Crippen LogP contribution in [0.4, 0.5) is 5.69 Å². The molecule has 3 rings (SSSR count). The third-order valence-corrected chi connectivity index (χ3v) is 3.81. The van der Waals surface area contributed by atoms with Gasteiger partial charge in [-0.25, -0.2) is 0 Å². The Morgan fingerprint density at radius 3 is 2.65 bits per heavy atom. The van der Waals surface area contributed by atoms with Crippen molar-refractivity contribution in [3.8, 4) is 0 Å². The van der Waals surface area contributed by atoms with E-state index < -0.39 is 0 Å². The van der Waals surface area contributed by atoms with Crippen molar-refractivity contribution < 1.29 is 0 Å². The molecule has 0 radical (unpaired) electrons. The zero-order valence-electron chi connectivity index (χ0n) is 10.5. The van der Waals surface area contributed by atoms with E-state index in [1.807, 2.05) is 0 Å². The molecule has 2 aliphatic rings. The van der Waals surface area contributed by atoms with Crippen molar-refractivity contribution in [1.82, 2.24) is 5.32 Å². The fourth-order valence-corrected chi connectivity index (χ4v) is 2.61. The number of nitrogens with one attached hydrogen (secondary N) is 2. The van der Waals surface area contributed by atoms with Crippen LogP contribution in [-0.2, 0) is 12.8 Å². The molecule has 0 saturated heterocycles. The van der Waals surface area contributed by atoms with Crippen LogP contribution < -0.4 is 10.6 Å². The lowest BCUT2D eigenvalue weighted by Crippen LogP contribution is -2.23. The smallest absolute Gasteiger partial charge is 0.0343 e. The Morgan fingerprint density at radius 1 is 1.00 bits per heavy atom. The van der Waals surface area contributed by atoms with Crippen molar-refractivity contribution in [2.75, 3.05) is 18.4 Å². The van der Waals surface area contributed by atoms with E-state index in [0.717, 1.165) is 19.1 Å². The van der Waals surface area contributed by atoms with Gasteiger partial charge in [0.1, 0.15) is 0 Å². The molecule has 1 saturated carbocycles. The van der Waals surface area contributed by atoms with Gasteiger partial charge in [0.05, 0.1) is 0 Å². The Bertz CT molecular complexity index is 383. The second kappa shape index (κ2) is 5.09. The summed E-state index contributed by atoms with van der Waals surface area (Å²) < 4.78 is 0. The van der Waals surface area contributed by atoms with E-state index in [1.54, 1.807) is 11.1 Å². The fraction of sp³-hybridized carbons (Fsp3) is 0.600. The molecule has 0 atom stereocenters. The van der Waals surface area contributed by atoms with E-state index >= 15 is 0 Å². The maximum Gasteiger partial charge on any atom is 0.0343 e. The van der Waals surface area contributed by atoms with Crippen molar-refractivity contribution in [2.24, 2.45) is 0 Å². The van der Waals surface area contributed by atoms with Gasteiger partial charge in [-0.05, 0) is 61.8 Å². The molecule has 1 fully saturated rings. The van der Waals surface area contributed by atoms with Gasteiger partial charge in [0, 0.05) is 24.8 Å². The molecule has 2 N–H and O–H groups in total. The van der Waals surface area contributed by atoms with Crippen molar-refractivity contribution in [3.63, 3.8) is 0 Å². The lowest BCUT2D eigenvalue weighted by molar-refractivity contribution is 0.685. The highest BCUT2D eigenvalue weighted by atomic mass is 15.0. The normalized spacial score (nSPS) is 18.8. The monoisotopic (exact) mass is 230 g/mol. The molecule has 0 bridgehead atoms. The van der Waals surface area contributed by atoms with Gasteiger partial charge >= 0.3 is 0 Å². The number of fused-ring (bicyclic) bond motifs is 1. The highest BCUT2D eigenvalue weighted by Crippen LogP contribution is 2.24. The van der Waals surface area contributed by atoms with Crippen LogP contribution in [0.2, 0.25) is 0 Å². The number of aryl methyl sites for hydroxylation is 2. The van der Waals surface area contributed by atoms with Crippen LogP contribution in [0.15, 0.2) is 18.2 Å². The van der Waals surface area contributed by atoms with E-state index in [4.69, 9.17) is 0 Å². The lowest BCUT2D eigenvalue weighted by atomic mass is 9.91. The molecule has 2 heteroatoms. The van der Waals surface area contributed by atoms with Gasteiger partial charge in [0.25, 0.3) is 0 Å². The molecular weight excluding hydrogens is 208 g/mol. The summed E-state index contributed by atoms with van der Waals surface area (Å²) in [6.45, 7) is 2.12. The number of hydrogen-bond acceptors (Lipinski definition) is 2. The zero-order chi connectivity index (χ0) is 11.5. The first kappa shape index (κ1) is 11.1. The fourth-order valence-electron chi connectivity index (χ4n) is 2.61. The molecule has 0 heterocycles. The van der Waals surface area contributed by atoms with Gasteiger partial charge in [0.15, 0.2) is 0 Å². The second-order valence-electron chi connectivity index (χ2n) is 5.35. The summed E-state index contributed by atoms with van der Waals surface area (Å²) in [4.78, 5) is 0. The van der Waals surface area contributed by atoms with Gasteiger partial charge in [-0.3, -0.25) is 0 Å². The second-order valence-corrected chi connectivity index (χ2v) is 5.35. The lowest BCUT2D eigenvalue weighted by Gasteiger charge is -2.17. The van der Waals surface area contributed by atoms with E-state index in [9.17, 15) is 0 Å². The molecule has 1 aromatic rings. The maximum atomic E-state index is 3.53. The summed E-state index contributed by atoms with van der Waals surface area (Å²) in [5.74, 6) is 0. The highest BCUT2D eigenvalue weighted by molar-refractivity contribution is 5.49. The average molecular weight is 230 g/mol. The van der Waals surface area contributed by atoms with Gasteiger partial charge in [-0.2, -0.15) is 0 Å². The van der Waals surface area contributed by atoms with Crippen LogP contribution in [0.3, 0.4) is 0 Å². The Hall–Kier alpha value is -1.02. The summed E-state index contributed by atoms with van der Waals surface area (Å²) in [6.07, 6.45) is 8.02. The van der Waals surface area contributed by atoms with Crippen molar-refractivity contribution in [3.05, 3.63) is 29.3 Å². The topological polar surface area (TPSA) is 24.1 Å². The third-order valence-electron chi connectivity index (χ3n) is 3.81. The van der Waals surface area contributed by atoms with Gasteiger partial charge < -0.3 is 10.6 Å². The molecular formula is C15H22N2. The quantitative estimate of drug-likeness (QED) is 0.760. The standard InChI is InChI=1S/C15H22N2/c1-2-4-13-11-15(6-5-12(13)3-1)17-10-9-16-14-7-8-14/h5-6,11,14,16-17H,1-4,7-10H2. The number of benzene rings is 1. The van der Waals surface area contributed by atoms with E-state index in [1.165, 1.54) is 44.2 Å². The van der Waals surface area contributed by atoms with Crippen molar-refractivity contribution in [2.45, 2.75) is 44.6 Å². The number of hydrogen-bond donors (Lipinski definition) is 2. The highest BCUT2D eigenvalue weighted by Gasteiger charge is 2.19. The van der Waals surface area contributed by atoms with Crippen LogP contribution >= 0.6 is 0 Å². The molecule has 92 valence electrons. The summed E-state index contributed by atoms with van der Waals surface area (Å²) >= 11 is 0. The summed E-state index contributed by atoms with van der Waals surface area (Å²) in [6, 6.07) is 7.72. The van der Waals surface area contributed by atoms with Crippen molar-refractivity contribution >= 4 is 5.69 Å². The molecule has 0 amide bonds. The molecule has 2 aliphatic carbocycles. The van der Waals surface area contributed by atoms with E-state index in [2.05, 4.69) is 28.8 Å². The summed E-state index contributed by atoms with van der Waals surface area (Å²) in [7, 11) is 0. The first-order valence-electron chi connectivity index (χ1n) is 7.01. The van der Waals surface area contributed by atoms with Crippen LogP contribution in [0.5, 0.6) is 0 Å². The Morgan fingerprint density at radius 2 is 1.82 bits per heavy atom. The molecule has 2 nitrogen and oxygen atoms in total. The minimum Gasteiger partial charge on any atom is -0.384 e. The van der Waals surface area contributed by atoms with Crippen molar-refractivity contribution in [1.29, 1.82) is 0 Å². The maximum absolute atomic E-state index is 3.53. The molecule has 1 aromatic carbocycles. The SMILES string of the molecule is c1cc2c(cc1NCCNC1CC1)CCCC2. The molecule has 0 spiro atoms. The summed E-state index contributed by atoms with van der Waals surface area (Å²) in [5, 5.41) is 7.04. The predicted octanol–water partition coefficient (Wildman–Crippen LogP) is 2.73. The van der Waals surface area contributed by atoms with Gasteiger partial charge in [-0.1, -0.05) is 6.07 Å². The first-order chi connectivity index (χ1) is 8.42. The van der Waals surface area contributed by atoms with Crippen LogP contribution in [0.1, 0.15) is 36.8 Å². The third kappa shape index (κ3) is 3.01.